The molecule has 2 heterocycles. The number of carbonyl (C=O) groups is 7. The first-order valence-electron chi connectivity index (χ1n) is 25.9. The highest BCUT2D eigenvalue weighted by atomic mass is 35.5. The Morgan fingerprint density at radius 3 is 2.49 bits per heavy atom. The van der Waals surface area contributed by atoms with Gasteiger partial charge in [-0.25, -0.2) is 14.4 Å². The third kappa shape index (κ3) is 18.1. The van der Waals surface area contributed by atoms with E-state index in [-0.39, 0.29) is 72.6 Å². The lowest BCUT2D eigenvalue weighted by molar-refractivity contribution is -0.162. The number of nitrogens with one attached hydrogen (secondary N) is 2. The van der Waals surface area contributed by atoms with Crippen LogP contribution < -0.4 is 15.4 Å². The van der Waals surface area contributed by atoms with Crippen LogP contribution in [0, 0.1) is 5.92 Å². The number of allylic oxidation sites excluding steroid dienone is 3. The lowest BCUT2D eigenvalue weighted by atomic mass is 9.83. The second-order valence-electron chi connectivity index (χ2n) is 20.3. The topological polar surface area (TPSA) is 241 Å². The molecule has 0 spiro atoms. The second kappa shape index (κ2) is 29.4. The molecule has 4 aliphatic rings. The number of halogens is 1. The summed E-state index contributed by atoms with van der Waals surface area (Å²) in [5.41, 5.74) is -0.896. The first kappa shape index (κ1) is 63.0. The molecule has 2 aliphatic carbocycles. The number of fused-ring (bicyclic) bond motifs is 5. The molecule has 1 aromatic rings. The van der Waals surface area contributed by atoms with Gasteiger partial charge in [0, 0.05) is 85.2 Å². The SMILES string of the molecule is COc1cc2cc(c1Cl)CC(=O)C[C@H](OC(=O)[C@H](C)N(C)C(=O)CCSC(=O)N(C)CCN(C)C(=O)OC1/C=C/CC(OCCNC(=O)CSC)CCC1)[C@]1(C)O[C@H]1[C@H](C)[C@@H]1C[C@@](O)(NC(=O)O1)[C@H](OC)/C=C/C=C(\C)C2. The fourth-order valence-corrected chi connectivity index (χ4v) is 10.8. The van der Waals surface area contributed by atoms with E-state index in [2.05, 4.69) is 10.6 Å². The number of epoxide rings is 1. The van der Waals surface area contributed by atoms with E-state index < -0.39 is 77.9 Å². The van der Waals surface area contributed by atoms with Crippen LogP contribution in [0.1, 0.15) is 83.8 Å². The normalized spacial score (nSPS) is 28.5. The summed E-state index contributed by atoms with van der Waals surface area (Å²) in [6.07, 6.45) is 8.09. The van der Waals surface area contributed by atoms with Crippen LogP contribution in [-0.4, -0.2) is 194 Å². The molecule has 10 atom stereocenters. The fraction of sp³-hybridized carbons (Fsp3) is 0.648. The molecule has 5 rings (SSSR count). The zero-order valence-electron chi connectivity index (χ0n) is 46.0. The van der Waals surface area contributed by atoms with E-state index in [1.807, 2.05) is 37.5 Å². The van der Waals surface area contributed by atoms with E-state index in [0.717, 1.165) is 35.7 Å². The molecule has 0 aromatic heterocycles. The lowest BCUT2D eigenvalue weighted by Crippen LogP contribution is -2.63. The summed E-state index contributed by atoms with van der Waals surface area (Å²) in [7, 11) is 7.54. The number of benzene rings is 1. The predicted molar refractivity (Wildman–Crippen MR) is 293 cm³/mol. The lowest BCUT2D eigenvalue weighted by Gasteiger charge is -2.42. The number of aliphatic hydroxyl groups is 1. The summed E-state index contributed by atoms with van der Waals surface area (Å²) < 4.78 is 41.1. The Bertz CT molecular complexity index is 2360. The summed E-state index contributed by atoms with van der Waals surface area (Å²) in [5, 5.41) is 17.1. The number of alkyl carbamates (subject to hydrolysis) is 1. The number of thioether (sulfide) groups is 2. The summed E-state index contributed by atoms with van der Waals surface area (Å²) in [6.45, 7) is 8.17. The van der Waals surface area contributed by atoms with Crippen molar-refractivity contribution >= 4 is 76.1 Å². The van der Waals surface area contributed by atoms with Gasteiger partial charge in [-0.05, 0) is 82.4 Å². The quantitative estimate of drug-likeness (QED) is 0.0482. The minimum absolute atomic E-state index is 0.0137. The molecule has 0 saturated carbocycles. The first-order valence-corrected chi connectivity index (χ1v) is 28.7. The van der Waals surface area contributed by atoms with E-state index in [4.69, 9.17) is 44.8 Å². The van der Waals surface area contributed by atoms with Gasteiger partial charge in [0.15, 0.2) is 5.72 Å². The minimum Gasteiger partial charge on any atom is -0.495 e. The zero-order chi connectivity index (χ0) is 56.6. The van der Waals surface area contributed by atoms with Crippen molar-refractivity contribution in [2.24, 2.45) is 5.92 Å². The van der Waals surface area contributed by atoms with Gasteiger partial charge in [-0.3, -0.25) is 24.5 Å². The number of likely N-dealkylation sites (N-methyl/N-ethyl adjacent to an activating group) is 3. The number of methoxy groups -OCH3 is 2. The largest absolute Gasteiger partial charge is 0.495 e. The summed E-state index contributed by atoms with van der Waals surface area (Å²) in [5.74, 6) is -1.27. The number of amides is 5. The number of ether oxygens (including phenoxy) is 7. The number of esters is 1. The summed E-state index contributed by atoms with van der Waals surface area (Å²) in [4.78, 5) is 96.5. The molecular formula is C54H78ClN5O15S2. The van der Waals surface area contributed by atoms with Crippen LogP contribution in [0.5, 0.6) is 5.75 Å². The second-order valence-corrected chi connectivity index (χ2v) is 22.6. The number of hydrogen-bond acceptors (Lipinski definition) is 17. The van der Waals surface area contributed by atoms with Crippen molar-refractivity contribution in [3.63, 3.8) is 0 Å². The Morgan fingerprint density at radius 1 is 1.04 bits per heavy atom. The van der Waals surface area contributed by atoms with Crippen LogP contribution in [0.3, 0.4) is 0 Å². The molecule has 77 heavy (non-hydrogen) atoms. The Hall–Kier alpha value is -4.84. The van der Waals surface area contributed by atoms with Crippen LogP contribution in [0.4, 0.5) is 14.4 Å². The molecule has 23 heteroatoms. The van der Waals surface area contributed by atoms with Crippen LogP contribution in [0.15, 0.2) is 48.1 Å². The Morgan fingerprint density at radius 2 is 1.78 bits per heavy atom. The molecule has 5 amide bonds. The van der Waals surface area contributed by atoms with Gasteiger partial charge >= 0.3 is 18.2 Å². The molecule has 2 saturated heterocycles. The van der Waals surface area contributed by atoms with Gasteiger partial charge in [-0.1, -0.05) is 66.2 Å². The third-order valence-corrected chi connectivity index (χ3v) is 16.3. The van der Waals surface area contributed by atoms with Crippen LogP contribution in [-0.2, 0) is 60.4 Å². The van der Waals surface area contributed by atoms with E-state index in [9.17, 15) is 38.7 Å². The molecule has 3 N–H and O–H groups in total. The van der Waals surface area contributed by atoms with Gasteiger partial charge in [0.25, 0.3) is 5.24 Å². The first-order chi connectivity index (χ1) is 36.5. The molecule has 2 aliphatic heterocycles. The van der Waals surface area contributed by atoms with E-state index >= 15 is 0 Å². The molecule has 1 aromatic carbocycles. The van der Waals surface area contributed by atoms with Crippen molar-refractivity contribution in [2.45, 2.75) is 139 Å². The van der Waals surface area contributed by atoms with E-state index in [1.165, 1.54) is 54.7 Å². The summed E-state index contributed by atoms with van der Waals surface area (Å²) >= 11 is 9.16. The number of Topliss-reactive ketones (excluding diaryl/α,β-unsaturated/α-hetero) is 1. The maximum absolute atomic E-state index is 14.1. The number of hydrogen-bond donors (Lipinski definition) is 3. The van der Waals surface area contributed by atoms with Gasteiger partial charge in [0.05, 0.1) is 36.7 Å². The highest BCUT2D eigenvalue weighted by Gasteiger charge is 2.64. The van der Waals surface area contributed by atoms with Crippen molar-refractivity contribution < 1.29 is 71.8 Å². The van der Waals surface area contributed by atoms with Gasteiger partial charge < -0.3 is 58.3 Å². The summed E-state index contributed by atoms with van der Waals surface area (Å²) in [6, 6.07) is 2.49. The Kier molecular flexibility index (Phi) is 24.0. The highest BCUT2D eigenvalue weighted by molar-refractivity contribution is 8.13. The van der Waals surface area contributed by atoms with Gasteiger partial charge in [0.1, 0.15) is 47.6 Å². The van der Waals surface area contributed by atoms with E-state index in [1.54, 1.807) is 46.2 Å². The van der Waals surface area contributed by atoms with Crippen LogP contribution in [0.25, 0.3) is 0 Å². The van der Waals surface area contributed by atoms with Gasteiger partial charge in [0.2, 0.25) is 11.8 Å². The fourth-order valence-electron chi connectivity index (χ4n) is 9.45. The van der Waals surface area contributed by atoms with Gasteiger partial charge in [-0.2, -0.15) is 11.8 Å². The van der Waals surface area contributed by atoms with Crippen LogP contribution >= 0.6 is 35.1 Å². The molecule has 2 unspecified atom stereocenters. The number of carbonyl (C=O) groups excluding carboxylic acids is 7. The van der Waals surface area contributed by atoms with Crippen molar-refractivity contribution in [1.82, 2.24) is 25.3 Å². The Labute approximate surface area is 466 Å². The van der Waals surface area contributed by atoms with Crippen molar-refractivity contribution in [2.75, 3.05) is 79.4 Å². The molecule has 20 nitrogen and oxygen atoms in total. The average molecular weight is 1140 g/mol. The van der Waals surface area contributed by atoms with Crippen molar-refractivity contribution in [1.29, 1.82) is 0 Å². The minimum atomic E-state index is -1.87. The van der Waals surface area contributed by atoms with Crippen molar-refractivity contribution in [3.8, 4) is 5.75 Å². The molecule has 2 fully saturated rings. The molecule has 428 valence electrons. The predicted octanol–water partition coefficient (Wildman–Crippen LogP) is 6.27. The van der Waals surface area contributed by atoms with Crippen LogP contribution in [0.2, 0.25) is 5.02 Å². The zero-order valence-corrected chi connectivity index (χ0v) is 48.4. The number of nitrogens with zero attached hydrogens (tertiary/aromatic N) is 3. The maximum atomic E-state index is 14.1. The van der Waals surface area contributed by atoms with Gasteiger partial charge in [-0.15, -0.1) is 0 Å². The molecular weight excluding hydrogens is 1060 g/mol. The van der Waals surface area contributed by atoms with E-state index in [0.29, 0.717) is 49.5 Å². The maximum Gasteiger partial charge on any atom is 0.410 e. The third-order valence-electron chi connectivity index (χ3n) is 14.3. The standard InChI is InChI=1S/C54H78ClN5O15S2/c1-33-14-11-19-43(70-9)54(68)31-42(73-50(65)57-54)34(2)48-53(4,75-48)44(30-38(61)29-37-27-36(26-33)28-41(69-8)47(37)55)74-49(64)35(3)60(7)46(63)20-25-77-52(67)59(6)23-22-58(5)51(66)72-40-17-12-15-39(16-13-18-40)71-24-21-56-45(62)32-76-10/h11-12,14,17,19,27-28,34-35,39-40,42-44,48,68H,13,15-16,18,20-26,29-32H2,1-10H3,(H,56,62)(H,57,65)/b17-12+,19-11+,33-14+/t34-,35+,39?,40?,42+,43-,44+,48+,53+,54+/m1/s1. The number of ketones is 1. The monoisotopic (exact) mass is 1140 g/mol. The number of rotatable bonds is 18. The molecule has 0 radical (unpaired) electrons. The average Bonchev–Trinajstić information content (AvgIpc) is 4.08. The molecule has 4 bridgehead atoms. The smallest absolute Gasteiger partial charge is 0.410 e. The highest BCUT2D eigenvalue weighted by Crippen LogP contribution is 2.49. The van der Waals surface area contributed by atoms with Crippen molar-refractivity contribution in [3.05, 3.63) is 64.2 Å². The Balaban J connectivity index is 1.15.